The van der Waals surface area contributed by atoms with Crippen LogP contribution in [0.2, 0.25) is 5.02 Å². The maximum atomic E-state index is 13.5. The summed E-state index contributed by atoms with van der Waals surface area (Å²) in [4.78, 5) is 12.5. The Labute approximate surface area is 155 Å². The molecule has 0 aliphatic carbocycles. The van der Waals surface area contributed by atoms with E-state index in [1.54, 1.807) is 19.1 Å². The summed E-state index contributed by atoms with van der Waals surface area (Å²) in [6.45, 7) is 3.14. The molecule has 0 bridgehead atoms. The highest BCUT2D eigenvalue weighted by molar-refractivity contribution is 7.92. The van der Waals surface area contributed by atoms with Gasteiger partial charge in [0.05, 0.1) is 11.9 Å². The molecule has 0 aromatic heterocycles. The quantitative estimate of drug-likeness (QED) is 0.828. The van der Waals surface area contributed by atoms with Crippen molar-refractivity contribution >= 4 is 38.9 Å². The maximum absolute atomic E-state index is 13.5. The summed E-state index contributed by atoms with van der Waals surface area (Å²) < 4.78 is 51.6. The smallest absolute Gasteiger partial charge is 0.247 e. The number of amides is 1. The van der Waals surface area contributed by atoms with Crippen LogP contribution in [0.15, 0.2) is 36.4 Å². The zero-order chi connectivity index (χ0) is 19.6. The summed E-state index contributed by atoms with van der Waals surface area (Å²) in [6, 6.07) is 6.25. The van der Waals surface area contributed by atoms with Crippen LogP contribution in [0.1, 0.15) is 12.5 Å². The van der Waals surface area contributed by atoms with Crippen LogP contribution in [0, 0.1) is 18.6 Å². The van der Waals surface area contributed by atoms with Gasteiger partial charge in [-0.15, -0.1) is 0 Å². The highest BCUT2D eigenvalue weighted by atomic mass is 35.5. The van der Waals surface area contributed by atoms with E-state index in [1.807, 2.05) is 0 Å². The second kappa shape index (κ2) is 7.59. The van der Waals surface area contributed by atoms with Crippen molar-refractivity contribution in [3.8, 4) is 0 Å². The number of carbonyl (C=O) groups excluding carboxylic acids is 1. The van der Waals surface area contributed by atoms with Crippen molar-refractivity contribution in [1.29, 1.82) is 0 Å². The summed E-state index contributed by atoms with van der Waals surface area (Å²) in [5.74, 6) is -2.98. The number of benzene rings is 2. The molecule has 2 rings (SSSR count). The van der Waals surface area contributed by atoms with Crippen molar-refractivity contribution < 1.29 is 22.0 Å². The Kier molecular flexibility index (Phi) is 5.87. The maximum Gasteiger partial charge on any atom is 0.247 e. The number of halogens is 3. The number of aryl methyl sites for hydroxylation is 1. The molecule has 0 saturated carbocycles. The first kappa shape index (κ1) is 20.1. The van der Waals surface area contributed by atoms with E-state index in [0.29, 0.717) is 10.7 Å². The normalized spacial score (nSPS) is 12.5. The van der Waals surface area contributed by atoms with Crippen molar-refractivity contribution in [3.05, 3.63) is 58.6 Å². The fraction of sp³-hybridized carbons (Fsp3) is 0.235. The Balaban J connectivity index is 2.34. The molecule has 0 saturated heterocycles. The van der Waals surface area contributed by atoms with Gasteiger partial charge in [0, 0.05) is 16.8 Å². The van der Waals surface area contributed by atoms with Crippen molar-refractivity contribution in [1.82, 2.24) is 0 Å². The van der Waals surface area contributed by atoms with E-state index in [1.165, 1.54) is 13.0 Å². The van der Waals surface area contributed by atoms with Crippen LogP contribution in [-0.2, 0) is 14.8 Å². The van der Waals surface area contributed by atoms with E-state index < -0.39 is 33.6 Å². The van der Waals surface area contributed by atoms with Gasteiger partial charge in [-0.1, -0.05) is 17.7 Å². The summed E-state index contributed by atoms with van der Waals surface area (Å²) in [5.41, 5.74) is 1.05. The van der Waals surface area contributed by atoms with Crippen LogP contribution in [-0.4, -0.2) is 26.6 Å². The molecule has 1 atom stereocenters. The minimum atomic E-state index is -3.94. The fourth-order valence-corrected chi connectivity index (χ4v) is 3.70. The van der Waals surface area contributed by atoms with Gasteiger partial charge in [0.2, 0.25) is 15.9 Å². The Bertz CT molecular complexity index is 951. The molecule has 5 nitrogen and oxygen atoms in total. The predicted molar refractivity (Wildman–Crippen MR) is 98.0 cm³/mol. The molecule has 1 N–H and O–H groups in total. The van der Waals surface area contributed by atoms with Gasteiger partial charge in [-0.2, -0.15) is 0 Å². The van der Waals surface area contributed by atoms with Crippen molar-refractivity contribution in [2.45, 2.75) is 19.9 Å². The molecule has 0 aliphatic rings. The lowest BCUT2D eigenvalue weighted by molar-refractivity contribution is -0.116. The van der Waals surface area contributed by atoms with Crippen LogP contribution < -0.4 is 9.62 Å². The topological polar surface area (TPSA) is 66.5 Å². The first-order valence-corrected chi connectivity index (χ1v) is 9.75. The number of hydrogen-bond donors (Lipinski definition) is 1. The van der Waals surface area contributed by atoms with E-state index in [4.69, 9.17) is 11.6 Å². The van der Waals surface area contributed by atoms with Gasteiger partial charge in [-0.25, -0.2) is 17.2 Å². The minimum absolute atomic E-state index is 0.156. The first-order chi connectivity index (χ1) is 12.0. The zero-order valence-corrected chi connectivity index (χ0v) is 15.8. The number of nitrogens with zero attached hydrogens (tertiary/aromatic N) is 1. The van der Waals surface area contributed by atoms with Crippen molar-refractivity contribution in [2.75, 3.05) is 15.9 Å². The Morgan fingerprint density at radius 3 is 2.35 bits per heavy atom. The molecule has 1 amide bonds. The molecule has 9 heteroatoms. The molecule has 0 spiro atoms. The second-order valence-corrected chi connectivity index (χ2v) is 8.05. The van der Waals surface area contributed by atoms with E-state index in [-0.39, 0.29) is 5.69 Å². The number of nitrogens with one attached hydrogen (secondary N) is 1. The van der Waals surface area contributed by atoms with Gasteiger partial charge >= 0.3 is 0 Å². The largest absolute Gasteiger partial charge is 0.324 e. The second-order valence-electron chi connectivity index (χ2n) is 5.79. The highest BCUT2D eigenvalue weighted by Crippen LogP contribution is 2.25. The lowest BCUT2D eigenvalue weighted by Gasteiger charge is -2.28. The van der Waals surface area contributed by atoms with Crippen LogP contribution in [0.5, 0.6) is 0 Å². The average Bonchev–Trinajstić information content (AvgIpc) is 2.53. The molecule has 0 unspecified atom stereocenters. The third-order valence-corrected chi connectivity index (χ3v) is 5.33. The fourth-order valence-electron chi connectivity index (χ4n) is 2.35. The highest BCUT2D eigenvalue weighted by Gasteiger charge is 2.29. The number of rotatable bonds is 5. The first-order valence-electron chi connectivity index (χ1n) is 7.52. The Hall–Kier alpha value is -2.19. The molecule has 2 aromatic rings. The molecule has 0 heterocycles. The minimum Gasteiger partial charge on any atom is -0.324 e. The van der Waals surface area contributed by atoms with Crippen molar-refractivity contribution in [3.63, 3.8) is 0 Å². The Morgan fingerprint density at radius 2 is 1.81 bits per heavy atom. The number of carbonyl (C=O) groups is 1. The van der Waals surface area contributed by atoms with Gasteiger partial charge in [-0.05, 0) is 43.7 Å². The molecule has 140 valence electrons. The standard InChI is InChI=1S/C17H17ClF2N2O3S/c1-10-4-5-12(8-14(10)18)21-17(23)11(2)22(26(3,24)25)13-6-7-15(19)16(20)9-13/h4-9,11H,1-3H3,(H,21,23)/t11-/m0/s1. The number of hydrogen-bond acceptors (Lipinski definition) is 3. The van der Waals surface area contributed by atoms with E-state index in [9.17, 15) is 22.0 Å². The van der Waals surface area contributed by atoms with Gasteiger partial charge in [0.15, 0.2) is 11.6 Å². The van der Waals surface area contributed by atoms with Crippen LogP contribution >= 0.6 is 11.6 Å². The van der Waals surface area contributed by atoms with Gasteiger partial charge < -0.3 is 5.32 Å². The number of sulfonamides is 1. The summed E-state index contributed by atoms with van der Waals surface area (Å²) in [5, 5.41) is 3.00. The number of anilines is 2. The molecular formula is C17H17ClF2N2O3S. The molecule has 0 fully saturated rings. The van der Waals surface area contributed by atoms with Gasteiger partial charge in [0.1, 0.15) is 6.04 Å². The molecule has 0 radical (unpaired) electrons. The van der Waals surface area contributed by atoms with E-state index >= 15 is 0 Å². The zero-order valence-electron chi connectivity index (χ0n) is 14.3. The summed E-state index contributed by atoms with van der Waals surface area (Å²) in [6.07, 6.45) is 0.876. The molecule has 2 aromatic carbocycles. The third-order valence-electron chi connectivity index (χ3n) is 3.69. The molecule has 26 heavy (non-hydrogen) atoms. The van der Waals surface area contributed by atoms with Crippen LogP contribution in [0.25, 0.3) is 0 Å². The Morgan fingerprint density at radius 1 is 1.15 bits per heavy atom. The van der Waals surface area contributed by atoms with Crippen LogP contribution in [0.3, 0.4) is 0 Å². The van der Waals surface area contributed by atoms with Crippen molar-refractivity contribution in [2.24, 2.45) is 0 Å². The summed E-state index contributed by atoms with van der Waals surface area (Å²) >= 11 is 6.01. The average molecular weight is 403 g/mol. The van der Waals surface area contributed by atoms with Gasteiger partial charge in [0.25, 0.3) is 0 Å². The lowest BCUT2D eigenvalue weighted by Crippen LogP contribution is -2.45. The van der Waals surface area contributed by atoms with Gasteiger partial charge in [-0.3, -0.25) is 9.10 Å². The lowest BCUT2D eigenvalue weighted by atomic mass is 10.2. The predicted octanol–water partition coefficient (Wildman–Crippen LogP) is 3.72. The molecular weight excluding hydrogens is 386 g/mol. The monoisotopic (exact) mass is 402 g/mol. The van der Waals surface area contributed by atoms with E-state index in [0.717, 1.165) is 34.3 Å². The van der Waals surface area contributed by atoms with Crippen LogP contribution in [0.4, 0.5) is 20.2 Å². The molecule has 0 aliphatic heterocycles. The third kappa shape index (κ3) is 4.50. The van der Waals surface area contributed by atoms with E-state index in [2.05, 4.69) is 5.32 Å². The SMILES string of the molecule is Cc1ccc(NC(=O)[C@H](C)N(c2ccc(F)c(F)c2)S(C)(=O)=O)cc1Cl. The summed E-state index contributed by atoms with van der Waals surface area (Å²) in [7, 11) is -3.94.